The minimum absolute atomic E-state index is 0.0496. The standard InChI is InChI=1S/C41H33N5/c1-28-36(32-20-16-30(17-21-32)31-18-22-33(23-19-31)38-15-9-10-24-43-38)25-29(27-42)26-37(28)41-45-39(34-11-5-3-6-12-34)44-40(46(41)2)35-13-7-4-8-14-35/h3-26,28,37,41H,1-2H3. The molecule has 0 spiro atoms. The topological polar surface area (TPSA) is 64.6 Å². The first-order chi connectivity index (χ1) is 22.6. The Morgan fingerprint density at radius 2 is 1.24 bits per heavy atom. The highest BCUT2D eigenvalue weighted by Crippen LogP contribution is 2.40. The molecule has 3 unspecified atom stereocenters. The Bertz CT molecular complexity index is 2000. The molecule has 222 valence electrons. The summed E-state index contributed by atoms with van der Waals surface area (Å²) >= 11 is 0. The van der Waals surface area contributed by atoms with Crippen LogP contribution in [0.3, 0.4) is 0 Å². The molecule has 3 atom stereocenters. The molecular weight excluding hydrogens is 562 g/mol. The minimum Gasteiger partial charge on any atom is -0.336 e. The van der Waals surface area contributed by atoms with Crippen LogP contribution in [0.15, 0.2) is 161 Å². The largest absolute Gasteiger partial charge is 0.336 e. The van der Waals surface area contributed by atoms with Crippen LogP contribution in [-0.4, -0.2) is 34.8 Å². The molecule has 1 aromatic heterocycles. The van der Waals surface area contributed by atoms with Gasteiger partial charge in [0.25, 0.3) is 0 Å². The summed E-state index contributed by atoms with van der Waals surface area (Å²) in [5.74, 6) is 1.62. The van der Waals surface area contributed by atoms with Crippen molar-refractivity contribution in [3.8, 4) is 28.5 Å². The van der Waals surface area contributed by atoms with Crippen molar-refractivity contribution in [1.82, 2.24) is 9.88 Å². The van der Waals surface area contributed by atoms with Crippen molar-refractivity contribution in [2.24, 2.45) is 21.8 Å². The van der Waals surface area contributed by atoms with Gasteiger partial charge in [-0.05, 0) is 46.4 Å². The zero-order valence-electron chi connectivity index (χ0n) is 25.8. The van der Waals surface area contributed by atoms with Gasteiger partial charge in [0.05, 0.1) is 11.8 Å². The van der Waals surface area contributed by atoms with E-state index < -0.39 is 0 Å². The van der Waals surface area contributed by atoms with E-state index in [-0.39, 0.29) is 18.0 Å². The van der Waals surface area contributed by atoms with Crippen molar-refractivity contribution in [1.29, 1.82) is 5.26 Å². The highest BCUT2D eigenvalue weighted by atomic mass is 15.3. The summed E-state index contributed by atoms with van der Waals surface area (Å²) in [5.41, 5.74) is 9.24. The van der Waals surface area contributed by atoms with Crippen LogP contribution in [0.2, 0.25) is 0 Å². The van der Waals surface area contributed by atoms with Crippen molar-refractivity contribution in [3.05, 3.63) is 168 Å². The predicted molar refractivity (Wildman–Crippen MR) is 187 cm³/mol. The average molecular weight is 596 g/mol. The normalized spacial score (nSPS) is 19.3. The molecule has 0 amide bonds. The second-order valence-corrected chi connectivity index (χ2v) is 11.7. The van der Waals surface area contributed by atoms with E-state index in [4.69, 9.17) is 9.98 Å². The second-order valence-electron chi connectivity index (χ2n) is 11.7. The zero-order chi connectivity index (χ0) is 31.5. The van der Waals surface area contributed by atoms with Crippen LogP contribution in [-0.2, 0) is 0 Å². The Balaban J connectivity index is 1.20. The molecule has 5 nitrogen and oxygen atoms in total. The Labute approximate surface area is 270 Å². The van der Waals surface area contributed by atoms with E-state index in [0.717, 1.165) is 50.5 Å². The fraction of sp³-hybridized carbons (Fsp3) is 0.122. The van der Waals surface area contributed by atoms with Crippen molar-refractivity contribution in [2.45, 2.75) is 13.1 Å². The average Bonchev–Trinajstić information content (AvgIpc) is 3.13. The summed E-state index contributed by atoms with van der Waals surface area (Å²) in [6, 6.07) is 45.9. The Morgan fingerprint density at radius 3 is 1.85 bits per heavy atom. The maximum Gasteiger partial charge on any atom is 0.159 e. The molecule has 4 aromatic carbocycles. The van der Waals surface area contributed by atoms with Crippen molar-refractivity contribution in [3.63, 3.8) is 0 Å². The van der Waals surface area contributed by atoms with Crippen LogP contribution in [0.4, 0.5) is 0 Å². The molecular formula is C41H33N5. The van der Waals surface area contributed by atoms with Gasteiger partial charge in [0, 0.05) is 41.4 Å². The maximum absolute atomic E-state index is 10.1. The van der Waals surface area contributed by atoms with Gasteiger partial charge in [-0.25, -0.2) is 9.98 Å². The van der Waals surface area contributed by atoms with E-state index in [1.165, 1.54) is 0 Å². The smallest absolute Gasteiger partial charge is 0.159 e. The number of rotatable bonds is 6. The molecule has 0 saturated carbocycles. The van der Waals surface area contributed by atoms with Crippen molar-refractivity contribution in [2.75, 3.05) is 7.05 Å². The first-order valence-corrected chi connectivity index (χ1v) is 15.5. The van der Waals surface area contributed by atoms with Crippen LogP contribution >= 0.6 is 0 Å². The summed E-state index contributed by atoms with van der Waals surface area (Å²) in [6.07, 6.45) is 5.69. The Kier molecular flexibility index (Phi) is 7.93. The number of nitrogens with zero attached hydrogens (tertiary/aromatic N) is 5. The number of nitriles is 1. The predicted octanol–water partition coefficient (Wildman–Crippen LogP) is 8.68. The summed E-state index contributed by atoms with van der Waals surface area (Å²) in [4.78, 5) is 16.9. The molecule has 1 aliphatic heterocycles. The second kappa shape index (κ2) is 12.6. The summed E-state index contributed by atoms with van der Waals surface area (Å²) in [6.45, 7) is 2.24. The van der Waals surface area contributed by atoms with Crippen LogP contribution in [0.5, 0.6) is 0 Å². The minimum atomic E-state index is -0.248. The lowest BCUT2D eigenvalue weighted by Gasteiger charge is -2.40. The van der Waals surface area contributed by atoms with Gasteiger partial charge in [-0.1, -0.05) is 128 Å². The molecule has 0 fully saturated rings. The molecule has 1 aliphatic carbocycles. The number of hydrogen-bond acceptors (Lipinski definition) is 5. The zero-order valence-corrected chi connectivity index (χ0v) is 25.8. The van der Waals surface area contributed by atoms with Crippen LogP contribution in [0.1, 0.15) is 23.6 Å². The monoisotopic (exact) mass is 595 g/mol. The van der Waals surface area contributed by atoms with Crippen molar-refractivity contribution >= 4 is 17.2 Å². The SMILES string of the molecule is CC1C(c2ccc(-c3ccc(-c4ccccn4)cc3)cc2)=CC(C#N)=CC1C1N=C(c2ccccc2)N=C(c2ccccc2)N1C. The highest BCUT2D eigenvalue weighted by Gasteiger charge is 2.37. The molecule has 0 radical (unpaired) electrons. The van der Waals surface area contributed by atoms with Crippen molar-refractivity contribution < 1.29 is 0 Å². The van der Waals surface area contributed by atoms with E-state index in [9.17, 15) is 5.26 Å². The van der Waals surface area contributed by atoms with Crippen LogP contribution in [0, 0.1) is 23.2 Å². The lowest BCUT2D eigenvalue weighted by molar-refractivity contribution is 0.267. The first kappa shape index (κ1) is 28.9. The lowest BCUT2D eigenvalue weighted by atomic mass is 9.76. The van der Waals surface area contributed by atoms with Crippen LogP contribution < -0.4 is 0 Å². The number of allylic oxidation sites excluding steroid dienone is 3. The third-order valence-electron chi connectivity index (χ3n) is 8.88. The number of amidine groups is 2. The van der Waals surface area contributed by atoms with E-state index in [0.29, 0.717) is 11.4 Å². The van der Waals surface area contributed by atoms with Gasteiger partial charge in [-0.2, -0.15) is 5.26 Å². The molecule has 46 heavy (non-hydrogen) atoms. The summed E-state index contributed by atoms with van der Waals surface area (Å²) < 4.78 is 0. The fourth-order valence-electron chi connectivity index (χ4n) is 6.36. The summed E-state index contributed by atoms with van der Waals surface area (Å²) in [5, 5.41) is 10.1. The third kappa shape index (κ3) is 5.69. The highest BCUT2D eigenvalue weighted by molar-refractivity contribution is 6.12. The molecule has 0 N–H and O–H groups in total. The van der Waals surface area contributed by atoms with E-state index in [1.807, 2.05) is 79.0 Å². The van der Waals surface area contributed by atoms with Gasteiger partial charge in [0.2, 0.25) is 0 Å². The van der Waals surface area contributed by atoms with E-state index in [1.54, 1.807) is 0 Å². The molecule has 5 heteroatoms. The Morgan fingerprint density at radius 1 is 0.652 bits per heavy atom. The molecule has 5 aromatic rings. The first-order valence-electron chi connectivity index (χ1n) is 15.5. The molecule has 7 rings (SSSR count). The third-order valence-corrected chi connectivity index (χ3v) is 8.88. The maximum atomic E-state index is 10.1. The van der Waals surface area contributed by atoms with E-state index >= 15 is 0 Å². The molecule has 2 aliphatic rings. The van der Waals surface area contributed by atoms with Gasteiger partial charge >= 0.3 is 0 Å². The quantitative estimate of drug-likeness (QED) is 0.197. The lowest BCUT2D eigenvalue weighted by Crippen LogP contribution is -2.46. The fourth-order valence-corrected chi connectivity index (χ4v) is 6.36. The van der Waals surface area contributed by atoms with Gasteiger partial charge in [-0.15, -0.1) is 0 Å². The van der Waals surface area contributed by atoms with Crippen LogP contribution in [0.25, 0.3) is 28.0 Å². The summed E-state index contributed by atoms with van der Waals surface area (Å²) in [7, 11) is 2.06. The number of aliphatic imine (C=N–C) groups is 2. The Hall–Kier alpha value is -5.86. The van der Waals surface area contributed by atoms with Gasteiger partial charge in [0.15, 0.2) is 5.84 Å². The van der Waals surface area contributed by atoms with Gasteiger partial charge < -0.3 is 4.90 Å². The van der Waals surface area contributed by atoms with Gasteiger partial charge in [-0.3, -0.25) is 4.98 Å². The number of pyridine rings is 1. The number of aromatic nitrogens is 1. The molecule has 2 heterocycles. The molecule has 0 saturated heterocycles. The number of hydrogen-bond donors (Lipinski definition) is 0. The van der Waals surface area contributed by atoms with Gasteiger partial charge in [0.1, 0.15) is 12.0 Å². The van der Waals surface area contributed by atoms with E-state index in [2.05, 4.69) is 96.7 Å². The number of benzene rings is 4. The molecule has 0 bridgehead atoms.